The Kier molecular flexibility index (Phi) is 2.37. The van der Waals surface area contributed by atoms with E-state index in [4.69, 9.17) is 4.74 Å². The molecule has 0 radical (unpaired) electrons. The molecule has 2 aliphatic heterocycles. The smallest absolute Gasteiger partial charge is 0.184 e. The van der Waals surface area contributed by atoms with Crippen LogP contribution in [0.15, 0.2) is 36.7 Å². The molecule has 3 rings (SSSR count). The van der Waals surface area contributed by atoms with Gasteiger partial charge in [-0.25, -0.2) is 0 Å². The standard InChI is InChI=1S/C14H18N2O/c1-11-15-13-6-4-3-5-12(13)14(17-11)7-9-16(2)10-8-14/h3-6,15H,1,7-10H2,2H3. The van der Waals surface area contributed by atoms with Crippen LogP contribution in [-0.4, -0.2) is 25.0 Å². The van der Waals surface area contributed by atoms with Crippen molar-refractivity contribution >= 4 is 5.69 Å². The zero-order valence-electron chi connectivity index (χ0n) is 10.2. The molecule has 1 spiro atoms. The molecule has 2 aliphatic rings. The van der Waals surface area contributed by atoms with Crippen LogP contribution < -0.4 is 5.32 Å². The van der Waals surface area contributed by atoms with E-state index in [0.29, 0.717) is 5.88 Å². The Hall–Kier alpha value is -1.48. The molecule has 2 heterocycles. The van der Waals surface area contributed by atoms with E-state index < -0.39 is 0 Å². The fourth-order valence-electron chi connectivity index (χ4n) is 2.81. The van der Waals surface area contributed by atoms with E-state index in [1.807, 2.05) is 6.07 Å². The minimum atomic E-state index is -0.161. The number of hydrogen-bond acceptors (Lipinski definition) is 3. The molecule has 1 N–H and O–H groups in total. The zero-order valence-corrected chi connectivity index (χ0v) is 10.2. The first-order chi connectivity index (χ1) is 8.20. The summed E-state index contributed by atoms with van der Waals surface area (Å²) < 4.78 is 6.06. The predicted octanol–water partition coefficient (Wildman–Crippen LogP) is 2.52. The Balaban J connectivity index is 2.02. The SMILES string of the molecule is C=C1Nc2ccccc2C2(CCN(C)CC2)O1. The fraction of sp³-hybridized carbons (Fsp3) is 0.429. The number of hydrogen-bond donors (Lipinski definition) is 1. The Labute approximate surface area is 102 Å². The number of rotatable bonds is 0. The molecular weight excluding hydrogens is 212 g/mol. The highest BCUT2D eigenvalue weighted by Crippen LogP contribution is 2.44. The van der Waals surface area contributed by atoms with Gasteiger partial charge in [-0.05, 0) is 19.7 Å². The molecule has 1 aromatic rings. The van der Waals surface area contributed by atoms with Gasteiger partial charge < -0.3 is 15.0 Å². The van der Waals surface area contributed by atoms with Crippen molar-refractivity contribution in [2.75, 3.05) is 25.5 Å². The average Bonchev–Trinajstić information content (AvgIpc) is 2.33. The maximum absolute atomic E-state index is 6.06. The van der Waals surface area contributed by atoms with Gasteiger partial charge >= 0.3 is 0 Å². The largest absolute Gasteiger partial charge is 0.468 e. The summed E-state index contributed by atoms with van der Waals surface area (Å²) in [5.74, 6) is 0.674. The van der Waals surface area contributed by atoms with E-state index in [-0.39, 0.29) is 5.60 Å². The second-order valence-electron chi connectivity index (χ2n) is 4.99. The first-order valence-electron chi connectivity index (χ1n) is 6.13. The number of likely N-dealkylation sites (tertiary alicyclic amines) is 1. The topological polar surface area (TPSA) is 24.5 Å². The lowest BCUT2D eigenvalue weighted by Gasteiger charge is -2.45. The van der Waals surface area contributed by atoms with Gasteiger partial charge in [-0.15, -0.1) is 0 Å². The number of fused-ring (bicyclic) bond motifs is 2. The van der Waals surface area contributed by atoms with E-state index >= 15 is 0 Å². The van der Waals surface area contributed by atoms with E-state index in [1.165, 1.54) is 5.56 Å². The van der Waals surface area contributed by atoms with Gasteiger partial charge in [0.1, 0.15) is 5.60 Å². The highest BCUT2D eigenvalue weighted by atomic mass is 16.5. The molecule has 1 aromatic carbocycles. The number of ether oxygens (including phenoxy) is 1. The first kappa shape index (κ1) is 10.7. The molecule has 0 aromatic heterocycles. The Bertz CT molecular complexity index is 447. The van der Waals surface area contributed by atoms with Crippen molar-refractivity contribution in [3.8, 4) is 0 Å². The molecule has 0 saturated carbocycles. The average molecular weight is 230 g/mol. The van der Waals surface area contributed by atoms with E-state index in [0.717, 1.165) is 31.6 Å². The van der Waals surface area contributed by atoms with E-state index in [1.54, 1.807) is 0 Å². The summed E-state index contributed by atoms with van der Waals surface area (Å²) in [6.45, 7) is 6.08. The van der Waals surface area contributed by atoms with Crippen molar-refractivity contribution in [3.63, 3.8) is 0 Å². The molecule has 0 unspecified atom stereocenters. The third-order valence-electron chi connectivity index (χ3n) is 3.81. The van der Waals surface area contributed by atoms with E-state index in [9.17, 15) is 0 Å². The second kappa shape index (κ2) is 3.77. The minimum absolute atomic E-state index is 0.161. The van der Waals surface area contributed by atoms with Crippen molar-refractivity contribution in [1.82, 2.24) is 4.90 Å². The third-order valence-corrected chi connectivity index (χ3v) is 3.81. The second-order valence-corrected chi connectivity index (χ2v) is 4.99. The summed E-state index contributed by atoms with van der Waals surface area (Å²) in [5.41, 5.74) is 2.26. The lowest BCUT2D eigenvalue weighted by Crippen LogP contribution is -2.45. The maximum Gasteiger partial charge on any atom is 0.184 e. The highest BCUT2D eigenvalue weighted by molar-refractivity contribution is 5.58. The third kappa shape index (κ3) is 1.71. The maximum atomic E-state index is 6.06. The van der Waals surface area contributed by atoms with Gasteiger partial charge in [0.25, 0.3) is 0 Å². The van der Waals surface area contributed by atoms with Crippen molar-refractivity contribution in [2.24, 2.45) is 0 Å². The summed E-state index contributed by atoms with van der Waals surface area (Å²) in [6.07, 6.45) is 2.06. The van der Waals surface area contributed by atoms with Gasteiger partial charge in [-0.3, -0.25) is 0 Å². The molecule has 0 aliphatic carbocycles. The molecule has 3 heteroatoms. The Morgan fingerprint density at radius 1 is 1.29 bits per heavy atom. The number of nitrogens with one attached hydrogen (secondary N) is 1. The van der Waals surface area contributed by atoms with Crippen molar-refractivity contribution in [2.45, 2.75) is 18.4 Å². The van der Waals surface area contributed by atoms with Gasteiger partial charge in [0.15, 0.2) is 5.88 Å². The summed E-state index contributed by atoms with van der Waals surface area (Å²) in [6, 6.07) is 8.40. The normalized spacial score (nSPS) is 22.8. The monoisotopic (exact) mass is 230 g/mol. The minimum Gasteiger partial charge on any atom is -0.468 e. The number of para-hydroxylation sites is 1. The van der Waals surface area contributed by atoms with Crippen LogP contribution in [0, 0.1) is 0 Å². The number of benzene rings is 1. The quantitative estimate of drug-likeness (QED) is 0.741. The molecule has 0 amide bonds. The summed E-state index contributed by atoms with van der Waals surface area (Å²) >= 11 is 0. The first-order valence-corrected chi connectivity index (χ1v) is 6.13. The molecule has 1 fully saturated rings. The molecule has 0 atom stereocenters. The molecule has 3 nitrogen and oxygen atoms in total. The molecular formula is C14H18N2O. The van der Waals surface area contributed by atoms with Crippen molar-refractivity contribution in [1.29, 1.82) is 0 Å². The van der Waals surface area contributed by atoms with Gasteiger partial charge in [0, 0.05) is 37.2 Å². The van der Waals surface area contributed by atoms with Crippen molar-refractivity contribution < 1.29 is 4.74 Å². The highest BCUT2D eigenvalue weighted by Gasteiger charge is 2.41. The Morgan fingerprint density at radius 2 is 2.00 bits per heavy atom. The van der Waals surface area contributed by atoms with Crippen LogP contribution in [0.4, 0.5) is 5.69 Å². The van der Waals surface area contributed by atoms with Crippen molar-refractivity contribution in [3.05, 3.63) is 42.3 Å². The lowest BCUT2D eigenvalue weighted by atomic mass is 9.82. The number of anilines is 1. The van der Waals surface area contributed by atoms with Crippen LogP contribution in [0.5, 0.6) is 0 Å². The van der Waals surface area contributed by atoms with Gasteiger partial charge in [0.2, 0.25) is 0 Å². The van der Waals surface area contributed by atoms with Crippen LogP contribution in [0.25, 0.3) is 0 Å². The predicted molar refractivity (Wildman–Crippen MR) is 68.7 cm³/mol. The van der Waals surface area contributed by atoms with Crippen LogP contribution >= 0.6 is 0 Å². The fourth-order valence-corrected chi connectivity index (χ4v) is 2.81. The van der Waals surface area contributed by atoms with Gasteiger partial charge in [-0.2, -0.15) is 0 Å². The van der Waals surface area contributed by atoms with Crippen LogP contribution in [0.1, 0.15) is 18.4 Å². The Morgan fingerprint density at radius 3 is 2.76 bits per heavy atom. The zero-order chi connectivity index (χ0) is 11.9. The summed E-state index contributed by atoms with van der Waals surface area (Å²) in [5, 5.41) is 3.21. The van der Waals surface area contributed by atoms with Crippen LogP contribution in [0.2, 0.25) is 0 Å². The number of nitrogens with zero attached hydrogens (tertiary/aromatic N) is 1. The van der Waals surface area contributed by atoms with Gasteiger partial charge in [-0.1, -0.05) is 18.2 Å². The summed E-state index contributed by atoms with van der Waals surface area (Å²) in [4.78, 5) is 2.35. The number of piperidine rings is 1. The van der Waals surface area contributed by atoms with Crippen LogP contribution in [-0.2, 0) is 10.3 Å². The summed E-state index contributed by atoms with van der Waals surface area (Å²) in [7, 11) is 2.16. The molecule has 1 saturated heterocycles. The van der Waals surface area contributed by atoms with Gasteiger partial charge in [0.05, 0.1) is 0 Å². The lowest BCUT2D eigenvalue weighted by molar-refractivity contribution is -0.0506. The van der Waals surface area contributed by atoms with E-state index in [2.05, 4.69) is 42.0 Å². The molecule has 90 valence electrons. The molecule has 0 bridgehead atoms. The molecule has 17 heavy (non-hydrogen) atoms. The van der Waals surface area contributed by atoms with Crippen LogP contribution in [0.3, 0.4) is 0 Å².